The Balaban J connectivity index is 1.47. The Morgan fingerprint density at radius 1 is 1.15 bits per heavy atom. The molecule has 1 saturated carbocycles. The topological polar surface area (TPSA) is 59.8 Å². The molecule has 1 amide bonds. The van der Waals surface area contributed by atoms with Gasteiger partial charge in [-0.2, -0.15) is 0 Å². The van der Waals surface area contributed by atoms with Gasteiger partial charge >= 0.3 is 0 Å². The molecule has 0 atom stereocenters. The van der Waals surface area contributed by atoms with E-state index in [0.29, 0.717) is 5.02 Å². The summed E-state index contributed by atoms with van der Waals surface area (Å²) < 4.78 is 1.87. The summed E-state index contributed by atoms with van der Waals surface area (Å²) in [7, 11) is 1.91. The first kappa shape index (κ1) is 18.1. The Labute approximate surface area is 167 Å². The second kappa shape index (κ2) is 7.37. The maximum absolute atomic E-state index is 13.0. The van der Waals surface area contributed by atoms with Gasteiger partial charge in [0.2, 0.25) is 5.91 Å². The third-order valence-electron chi connectivity index (χ3n) is 5.03. The van der Waals surface area contributed by atoms with Crippen molar-refractivity contribution < 1.29 is 4.79 Å². The van der Waals surface area contributed by atoms with Crippen LogP contribution in [0.2, 0.25) is 5.02 Å². The number of rotatable bonds is 5. The summed E-state index contributed by atoms with van der Waals surface area (Å²) in [6, 6.07) is 15.4. The van der Waals surface area contributed by atoms with E-state index in [4.69, 9.17) is 11.6 Å². The van der Waals surface area contributed by atoms with Crippen LogP contribution in [0.15, 0.2) is 64.9 Å². The molecule has 7 heteroatoms. The molecule has 1 aliphatic rings. The minimum atomic E-state index is -0.448. The van der Waals surface area contributed by atoms with Gasteiger partial charge in [-0.3, -0.25) is 4.79 Å². The molecule has 3 aromatic rings. The van der Waals surface area contributed by atoms with E-state index >= 15 is 0 Å². The number of aromatic nitrogens is 3. The zero-order chi connectivity index (χ0) is 18.9. The predicted molar refractivity (Wildman–Crippen MR) is 107 cm³/mol. The van der Waals surface area contributed by atoms with Gasteiger partial charge in [-0.25, -0.2) is 0 Å². The van der Waals surface area contributed by atoms with Crippen molar-refractivity contribution in [2.75, 3.05) is 5.32 Å². The van der Waals surface area contributed by atoms with E-state index in [-0.39, 0.29) is 5.91 Å². The van der Waals surface area contributed by atoms with Gasteiger partial charge in [0.15, 0.2) is 5.16 Å². The number of aryl methyl sites for hydroxylation is 1. The van der Waals surface area contributed by atoms with Gasteiger partial charge in [0.05, 0.1) is 5.41 Å². The maximum atomic E-state index is 13.0. The van der Waals surface area contributed by atoms with Crippen LogP contribution < -0.4 is 5.32 Å². The first-order valence-electron chi connectivity index (χ1n) is 8.76. The number of amides is 1. The van der Waals surface area contributed by atoms with Gasteiger partial charge in [0, 0.05) is 22.7 Å². The first-order valence-corrected chi connectivity index (χ1v) is 9.96. The highest BCUT2D eigenvalue weighted by atomic mass is 35.5. The third-order valence-corrected chi connectivity index (χ3v) is 6.34. The monoisotopic (exact) mass is 398 g/mol. The fourth-order valence-electron chi connectivity index (χ4n) is 3.27. The van der Waals surface area contributed by atoms with Crippen LogP contribution in [0.4, 0.5) is 5.69 Å². The second-order valence-corrected chi connectivity index (χ2v) is 8.22. The van der Waals surface area contributed by atoms with Crippen molar-refractivity contribution in [3.63, 3.8) is 0 Å². The Hall–Kier alpha value is -2.31. The van der Waals surface area contributed by atoms with E-state index in [9.17, 15) is 4.79 Å². The Morgan fingerprint density at radius 2 is 1.85 bits per heavy atom. The lowest BCUT2D eigenvalue weighted by Gasteiger charge is -2.40. The zero-order valence-corrected chi connectivity index (χ0v) is 16.4. The molecule has 4 rings (SSSR count). The third kappa shape index (κ3) is 3.59. The molecular formula is C20H19ClN4OS. The number of carbonyl (C=O) groups is 1. The SMILES string of the molecule is Cn1cnnc1Sc1ccc(NC(=O)C2(c3ccc(Cl)cc3)CCC2)cc1. The summed E-state index contributed by atoms with van der Waals surface area (Å²) >= 11 is 7.53. The highest BCUT2D eigenvalue weighted by molar-refractivity contribution is 7.99. The van der Waals surface area contributed by atoms with E-state index < -0.39 is 5.41 Å². The molecule has 5 nitrogen and oxygen atoms in total. The molecule has 1 aliphatic carbocycles. The minimum Gasteiger partial charge on any atom is -0.325 e. The molecule has 0 bridgehead atoms. The Kier molecular flexibility index (Phi) is 4.93. The van der Waals surface area contributed by atoms with Crippen LogP contribution in [-0.4, -0.2) is 20.7 Å². The van der Waals surface area contributed by atoms with Crippen LogP contribution in [0.25, 0.3) is 0 Å². The van der Waals surface area contributed by atoms with Crippen molar-refractivity contribution in [1.82, 2.24) is 14.8 Å². The fraction of sp³-hybridized carbons (Fsp3) is 0.250. The van der Waals surface area contributed by atoms with Crippen LogP contribution in [0.1, 0.15) is 24.8 Å². The number of hydrogen-bond donors (Lipinski definition) is 1. The summed E-state index contributed by atoms with van der Waals surface area (Å²) in [6.07, 6.45) is 4.45. The summed E-state index contributed by atoms with van der Waals surface area (Å²) in [5.41, 5.74) is 1.38. The van der Waals surface area contributed by atoms with Gasteiger partial charge in [-0.15, -0.1) is 10.2 Å². The van der Waals surface area contributed by atoms with Gasteiger partial charge < -0.3 is 9.88 Å². The molecule has 1 N–H and O–H groups in total. The fourth-order valence-corrected chi connectivity index (χ4v) is 4.16. The van der Waals surface area contributed by atoms with Crippen molar-refractivity contribution in [2.24, 2.45) is 7.05 Å². The molecule has 0 aliphatic heterocycles. The molecule has 138 valence electrons. The largest absolute Gasteiger partial charge is 0.325 e. The molecule has 27 heavy (non-hydrogen) atoms. The van der Waals surface area contributed by atoms with Gasteiger partial charge in [0.25, 0.3) is 0 Å². The number of nitrogens with zero attached hydrogens (tertiary/aromatic N) is 3. The molecule has 0 radical (unpaired) electrons. The summed E-state index contributed by atoms with van der Waals surface area (Å²) in [5.74, 6) is 0.0461. The van der Waals surface area contributed by atoms with Crippen LogP contribution in [0, 0.1) is 0 Å². The van der Waals surface area contributed by atoms with E-state index in [1.807, 2.05) is 60.1 Å². The highest BCUT2D eigenvalue weighted by Gasteiger charge is 2.45. The van der Waals surface area contributed by atoms with Crippen molar-refractivity contribution in [3.05, 3.63) is 65.4 Å². The normalized spacial score (nSPS) is 15.2. The lowest BCUT2D eigenvalue weighted by molar-refractivity contribution is -0.124. The summed E-state index contributed by atoms with van der Waals surface area (Å²) in [5, 5.41) is 12.5. The number of anilines is 1. The number of carbonyl (C=O) groups excluding carboxylic acids is 1. The molecule has 1 aromatic heterocycles. The van der Waals surface area contributed by atoms with Crippen molar-refractivity contribution >= 4 is 35.0 Å². The quantitative estimate of drug-likeness (QED) is 0.677. The maximum Gasteiger partial charge on any atom is 0.235 e. The number of nitrogens with one attached hydrogen (secondary N) is 1. The summed E-state index contributed by atoms with van der Waals surface area (Å²) in [4.78, 5) is 14.1. The molecular weight excluding hydrogens is 380 g/mol. The van der Waals surface area contributed by atoms with Gasteiger partial charge in [-0.05, 0) is 66.6 Å². The van der Waals surface area contributed by atoms with Crippen LogP contribution in [0.3, 0.4) is 0 Å². The molecule has 0 saturated heterocycles. The van der Waals surface area contributed by atoms with Crippen LogP contribution >= 0.6 is 23.4 Å². The average molecular weight is 399 g/mol. The lowest BCUT2D eigenvalue weighted by Crippen LogP contribution is -2.45. The van der Waals surface area contributed by atoms with Crippen LogP contribution in [0.5, 0.6) is 0 Å². The zero-order valence-electron chi connectivity index (χ0n) is 14.9. The smallest absolute Gasteiger partial charge is 0.235 e. The van der Waals surface area contributed by atoms with E-state index in [1.54, 1.807) is 6.33 Å². The number of halogens is 1. The van der Waals surface area contributed by atoms with E-state index in [1.165, 1.54) is 11.8 Å². The summed E-state index contributed by atoms with van der Waals surface area (Å²) in [6.45, 7) is 0. The number of hydrogen-bond acceptors (Lipinski definition) is 4. The lowest BCUT2D eigenvalue weighted by atomic mass is 9.64. The molecule has 0 unspecified atom stereocenters. The van der Waals surface area contributed by atoms with Crippen molar-refractivity contribution in [2.45, 2.75) is 34.7 Å². The standard InChI is InChI=1S/C20H19ClN4OS/c1-25-13-22-24-19(25)27-17-9-7-16(8-10-17)23-18(26)20(11-2-12-20)14-3-5-15(21)6-4-14/h3-10,13H,2,11-12H2,1H3,(H,23,26). The molecule has 0 spiro atoms. The van der Waals surface area contributed by atoms with Crippen molar-refractivity contribution in [1.29, 1.82) is 0 Å². The Bertz CT molecular complexity index is 949. The molecule has 2 aromatic carbocycles. The highest BCUT2D eigenvalue weighted by Crippen LogP contribution is 2.45. The first-order chi connectivity index (χ1) is 13.1. The molecule has 1 heterocycles. The number of benzene rings is 2. The van der Waals surface area contributed by atoms with Crippen molar-refractivity contribution in [3.8, 4) is 0 Å². The average Bonchev–Trinajstić information content (AvgIpc) is 3.02. The van der Waals surface area contributed by atoms with E-state index in [0.717, 1.165) is 40.6 Å². The van der Waals surface area contributed by atoms with E-state index in [2.05, 4.69) is 15.5 Å². The second-order valence-electron chi connectivity index (χ2n) is 6.75. The molecule has 1 fully saturated rings. The predicted octanol–water partition coefficient (Wildman–Crippen LogP) is 4.68. The van der Waals surface area contributed by atoms with Crippen LogP contribution in [-0.2, 0) is 17.3 Å². The van der Waals surface area contributed by atoms with Gasteiger partial charge in [-0.1, -0.05) is 30.2 Å². The minimum absolute atomic E-state index is 0.0461. The Morgan fingerprint density at radius 3 is 2.41 bits per heavy atom. The van der Waals surface area contributed by atoms with Gasteiger partial charge in [0.1, 0.15) is 6.33 Å².